The van der Waals surface area contributed by atoms with Crippen LogP contribution in [0.2, 0.25) is 0 Å². The molecule has 0 saturated carbocycles. The number of nitriles is 1. The van der Waals surface area contributed by atoms with Crippen molar-refractivity contribution in [1.82, 2.24) is 9.55 Å². The molecule has 6 rings (SSSR count). The Kier molecular flexibility index (Phi) is 4.49. The molecule has 4 aromatic carbocycles. The van der Waals surface area contributed by atoms with Crippen LogP contribution >= 0.6 is 0 Å². The zero-order chi connectivity index (χ0) is 22.2. The Morgan fingerprint density at radius 3 is 2.24 bits per heavy atom. The molecule has 3 nitrogen and oxygen atoms in total. The van der Waals surface area contributed by atoms with E-state index in [4.69, 9.17) is 0 Å². The summed E-state index contributed by atoms with van der Waals surface area (Å²) >= 11 is 0. The van der Waals surface area contributed by atoms with Crippen molar-refractivity contribution in [2.24, 2.45) is 0 Å². The minimum atomic E-state index is 0.610. The van der Waals surface area contributed by atoms with E-state index in [0.29, 0.717) is 5.56 Å². The van der Waals surface area contributed by atoms with E-state index >= 15 is 0 Å². The molecule has 0 aliphatic rings. The Hall–Kier alpha value is -4.68. The summed E-state index contributed by atoms with van der Waals surface area (Å²) in [4.78, 5) is 4.47. The van der Waals surface area contributed by atoms with Gasteiger partial charge >= 0.3 is 0 Å². The lowest BCUT2D eigenvalue weighted by molar-refractivity contribution is 1.18. The number of pyridine rings is 1. The van der Waals surface area contributed by atoms with Gasteiger partial charge < -0.3 is 4.57 Å². The first-order valence-corrected chi connectivity index (χ1v) is 10.9. The van der Waals surface area contributed by atoms with Crippen molar-refractivity contribution in [3.8, 4) is 34.1 Å². The summed E-state index contributed by atoms with van der Waals surface area (Å²) in [5.41, 5.74) is 8.18. The van der Waals surface area contributed by atoms with Crippen LogP contribution in [0.4, 0.5) is 0 Å². The van der Waals surface area contributed by atoms with Crippen molar-refractivity contribution in [3.05, 3.63) is 121 Å². The highest BCUT2D eigenvalue weighted by molar-refractivity contribution is 6.10. The maximum absolute atomic E-state index is 9.24. The molecule has 2 heterocycles. The molecule has 0 amide bonds. The highest BCUT2D eigenvalue weighted by atomic mass is 15.0. The van der Waals surface area contributed by atoms with E-state index in [-0.39, 0.29) is 0 Å². The predicted molar refractivity (Wildman–Crippen MR) is 134 cm³/mol. The van der Waals surface area contributed by atoms with Gasteiger partial charge in [0.05, 0.1) is 28.4 Å². The number of aromatic nitrogens is 2. The zero-order valence-electron chi connectivity index (χ0n) is 17.8. The molecule has 6 aromatic rings. The van der Waals surface area contributed by atoms with Gasteiger partial charge in [-0.3, -0.25) is 4.98 Å². The fourth-order valence-corrected chi connectivity index (χ4v) is 4.52. The summed E-state index contributed by atoms with van der Waals surface area (Å²) in [6.07, 6.45) is 1.69. The SMILES string of the molecule is N#Cc1ccnc(-c2cccc(-c3ccc4c5ccccc5n(-c5ccccc5)c4c3)c2)c1. The lowest BCUT2D eigenvalue weighted by Gasteiger charge is -2.09. The van der Waals surface area contributed by atoms with Gasteiger partial charge in [0.2, 0.25) is 0 Å². The molecule has 2 aromatic heterocycles. The first-order chi connectivity index (χ1) is 16.3. The summed E-state index contributed by atoms with van der Waals surface area (Å²) in [6.45, 7) is 0. The molecule has 0 saturated heterocycles. The van der Waals surface area contributed by atoms with Gasteiger partial charge in [0.25, 0.3) is 0 Å². The van der Waals surface area contributed by atoms with Gasteiger partial charge in [-0.25, -0.2) is 0 Å². The van der Waals surface area contributed by atoms with Crippen LogP contribution in [0.5, 0.6) is 0 Å². The zero-order valence-corrected chi connectivity index (χ0v) is 17.8. The van der Waals surface area contributed by atoms with Crippen molar-refractivity contribution in [2.75, 3.05) is 0 Å². The average Bonchev–Trinajstić information content (AvgIpc) is 3.23. The van der Waals surface area contributed by atoms with E-state index in [9.17, 15) is 5.26 Å². The van der Waals surface area contributed by atoms with Crippen molar-refractivity contribution >= 4 is 21.8 Å². The maximum Gasteiger partial charge on any atom is 0.0992 e. The van der Waals surface area contributed by atoms with Crippen LogP contribution < -0.4 is 0 Å². The maximum atomic E-state index is 9.24. The second kappa shape index (κ2) is 7.78. The molecular weight excluding hydrogens is 402 g/mol. The number of hydrogen-bond acceptors (Lipinski definition) is 2. The van der Waals surface area contributed by atoms with Gasteiger partial charge in [-0.1, -0.05) is 66.7 Å². The van der Waals surface area contributed by atoms with Crippen LogP contribution in [0.1, 0.15) is 5.56 Å². The molecular formula is C30H19N3. The molecule has 0 spiro atoms. The van der Waals surface area contributed by atoms with E-state index in [1.807, 2.05) is 24.3 Å². The molecule has 3 heteroatoms. The molecule has 0 unspecified atom stereocenters. The first-order valence-electron chi connectivity index (χ1n) is 10.9. The Morgan fingerprint density at radius 2 is 1.36 bits per heavy atom. The fraction of sp³-hybridized carbons (Fsp3) is 0. The standard InChI is InChI=1S/C30H19N3/c31-20-21-15-16-32-28(17-21)24-8-6-7-22(18-24)23-13-14-27-26-11-4-5-12-29(26)33(30(27)19-23)25-9-2-1-3-10-25/h1-19H. The van der Waals surface area contributed by atoms with E-state index in [2.05, 4.69) is 94.5 Å². The lowest BCUT2D eigenvalue weighted by Crippen LogP contribution is -1.93. The van der Waals surface area contributed by atoms with E-state index in [1.54, 1.807) is 12.3 Å². The van der Waals surface area contributed by atoms with Crippen molar-refractivity contribution < 1.29 is 0 Å². The normalized spacial score (nSPS) is 11.0. The molecule has 0 atom stereocenters. The van der Waals surface area contributed by atoms with Crippen LogP contribution in [-0.4, -0.2) is 9.55 Å². The molecule has 0 N–H and O–H groups in total. The molecule has 33 heavy (non-hydrogen) atoms. The van der Waals surface area contributed by atoms with Gasteiger partial charge in [0, 0.05) is 28.2 Å². The molecule has 154 valence electrons. The number of para-hydroxylation sites is 2. The fourth-order valence-electron chi connectivity index (χ4n) is 4.52. The Labute approximate surface area is 191 Å². The average molecular weight is 422 g/mol. The third kappa shape index (κ3) is 3.26. The van der Waals surface area contributed by atoms with Crippen molar-refractivity contribution in [2.45, 2.75) is 0 Å². The van der Waals surface area contributed by atoms with E-state index in [0.717, 1.165) is 28.1 Å². The number of fused-ring (bicyclic) bond motifs is 3. The topological polar surface area (TPSA) is 41.6 Å². The summed E-state index contributed by atoms with van der Waals surface area (Å²) in [5, 5.41) is 11.7. The third-order valence-corrected chi connectivity index (χ3v) is 6.07. The Morgan fingerprint density at radius 1 is 0.606 bits per heavy atom. The van der Waals surface area contributed by atoms with Crippen LogP contribution in [-0.2, 0) is 0 Å². The molecule has 0 aliphatic heterocycles. The molecule has 0 aliphatic carbocycles. The van der Waals surface area contributed by atoms with Crippen LogP contribution in [0, 0.1) is 11.3 Å². The largest absolute Gasteiger partial charge is 0.309 e. The highest BCUT2D eigenvalue weighted by Crippen LogP contribution is 2.35. The summed E-state index contributed by atoms with van der Waals surface area (Å²) in [5.74, 6) is 0. The van der Waals surface area contributed by atoms with Crippen LogP contribution in [0.25, 0.3) is 49.9 Å². The van der Waals surface area contributed by atoms with Crippen LogP contribution in [0.15, 0.2) is 115 Å². The van der Waals surface area contributed by atoms with Crippen molar-refractivity contribution in [3.63, 3.8) is 0 Å². The lowest BCUT2D eigenvalue weighted by atomic mass is 9.99. The second-order valence-corrected chi connectivity index (χ2v) is 8.04. The number of hydrogen-bond donors (Lipinski definition) is 0. The van der Waals surface area contributed by atoms with Crippen molar-refractivity contribution in [1.29, 1.82) is 5.26 Å². The van der Waals surface area contributed by atoms with E-state index < -0.39 is 0 Å². The summed E-state index contributed by atoms with van der Waals surface area (Å²) in [6, 6.07) is 39.8. The number of rotatable bonds is 3. The summed E-state index contributed by atoms with van der Waals surface area (Å²) < 4.78 is 2.33. The highest BCUT2D eigenvalue weighted by Gasteiger charge is 2.13. The number of benzene rings is 4. The van der Waals surface area contributed by atoms with Gasteiger partial charge in [-0.15, -0.1) is 0 Å². The molecule has 0 fully saturated rings. The Balaban J connectivity index is 1.55. The minimum Gasteiger partial charge on any atom is -0.309 e. The quantitative estimate of drug-likeness (QED) is 0.299. The Bertz CT molecular complexity index is 1670. The predicted octanol–water partition coefficient (Wildman–Crippen LogP) is 7.38. The third-order valence-electron chi connectivity index (χ3n) is 6.07. The minimum absolute atomic E-state index is 0.610. The smallest absolute Gasteiger partial charge is 0.0992 e. The van der Waals surface area contributed by atoms with Gasteiger partial charge in [0.1, 0.15) is 0 Å². The summed E-state index contributed by atoms with van der Waals surface area (Å²) in [7, 11) is 0. The number of nitrogens with zero attached hydrogens (tertiary/aromatic N) is 3. The first kappa shape index (κ1) is 19.0. The second-order valence-electron chi connectivity index (χ2n) is 8.04. The molecule has 0 radical (unpaired) electrons. The monoisotopic (exact) mass is 421 g/mol. The van der Waals surface area contributed by atoms with E-state index in [1.165, 1.54) is 21.8 Å². The van der Waals surface area contributed by atoms with Gasteiger partial charge in [0.15, 0.2) is 0 Å². The van der Waals surface area contributed by atoms with Gasteiger partial charge in [-0.05, 0) is 53.6 Å². The van der Waals surface area contributed by atoms with Crippen LogP contribution in [0.3, 0.4) is 0 Å². The van der Waals surface area contributed by atoms with Gasteiger partial charge in [-0.2, -0.15) is 5.26 Å². The molecule has 0 bridgehead atoms.